The van der Waals surface area contributed by atoms with Gasteiger partial charge in [-0.15, -0.1) is 0 Å². The first-order valence-electron chi connectivity index (χ1n) is 8.17. The standard InChI is InChI=1S/C18H26BrNO3/c1-18(2,3)23-17(21)20(16-8-11-22-12-9-16)10-7-14-5-4-6-15(19)13-14/h4-6,13,16H,7-12H2,1-3H3. The molecule has 2 rings (SSSR count). The molecule has 1 aromatic rings. The predicted molar refractivity (Wildman–Crippen MR) is 94.6 cm³/mol. The van der Waals surface area contributed by atoms with Crippen LogP contribution in [0.3, 0.4) is 0 Å². The van der Waals surface area contributed by atoms with Gasteiger partial charge in [0.05, 0.1) is 0 Å². The van der Waals surface area contributed by atoms with Gasteiger partial charge in [-0.3, -0.25) is 0 Å². The topological polar surface area (TPSA) is 38.8 Å². The maximum Gasteiger partial charge on any atom is 0.410 e. The number of amides is 1. The van der Waals surface area contributed by atoms with Crippen LogP contribution in [0.2, 0.25) is 0 Å². The summed E-state index contributed by atoms with van der Waals surface area (Å²) in [5.41, 5.74) is 0.732. The molecule has 0 aliphatic carbocycles. The lowest BCUT2D eigenvalue weighted by molar-refractivity contribution is -0.00525. The molecule has 1 heterocycles. The zero-order valence-corrected chi connectivity index (χ0v) is 15.8. The average molecular weight is 384 g/mol. The molecule has 0 aromatic heterocycles. The summed E-state index contributed by atoms with van der Waals surface area (Å²) in [6.45, 7) is 7.79. The van der Waals surface area contributed by atoms with Crippen LogP contribution in [0.1, 0.15) is 39.2 Å². The van der Waals surface area contributed by atoms with Gasteiger partial charge in [-0.1, -0.05) is 28.1 Å². The fourth-order valence-electron chi connectivity index (χ4n) is 2.68. The molecule has 0 bridgehead atoms. The van der Waals surface area contributed by atoms with Gasteiger partial charge in [0, 0.05) is 30.3 Å². The molecular weight excluding hydrogens is 358 g/mol. The average Bonchev–Trinajstić information content (AvgIpc) is 2.47. The third kappa shape index (κ3) is 6.15. The van der Waals surface area contributed by atoms with E-state index in [0.717, 1.165) is 23.7 Å². The number of halogens is 1. The number of hydrogen-bond acceptors (Lipinski definition) is 3. The molecule has 1 saturated heterocycles. The molecule has 1 aromatic carbocycles. The summed E-state index contributed by atoms with van der Waals surface area (Å²) in [5.74, 6) is 0. The SMILES string of the molecule is CC(C)(C)OC(=O)N(CCc1cccc(Br)c1)C1CCOCC1. The van der Waals surface area contributed by atoms with E-state index >= 15 is 0 Å². The molecule has 4 nitrogen and oxygen atoms in total. The van der Waals surface area contributed by atoms with Gasteiger partial charge >= 0.3 is 6.09 Å². The Labute approximate surface area is 147 Å². The Morgan fingerprint density at radius 1 is 1.35 bits per heavy atom. The summed E-state index contributed by atoms with van der Waals surface area (Å²) in [5, 5.41) is 0. The largest absolute Gasteiger partial charge is 0.444 e. The quantitative estimate of drug-likeness (QED) is 0.772. The third-order valence-corrected chi connectivity index (χ3v) is 4.28. The Kier molecular flexibility index (Phi) is 6.48. The van der Waals surface area contributed by atoms with Crippen molar-refractivity contribution < 1.29 is 14.3 Å². The summed E-state index contributed by atoms with van der Waals surface area (Å²) in [4.78, 5) is 14.5. The van der Waals surface area contributed by atoms with Crippen molar-refractivity contribution in [2.45, 2.75) is 51.7 Å². The van der Waals surface area contributed by atoms with Crippen molar-refractivity contribution in [1.82, 2.24) is 4.90 Å². The Morgan fingerprint density at radius 2 is 2.04 bits per heavy atom. The van der Waals surface area contributed by atoms with E-state index in [2.05, 4.69) is 28.1 Å². The molecular formula is C18H26BrNO3. The van der Waals surface area contributed by atoms with Gasteiger partial charge in [0.2, 0.25) is 0 Å². The van der Waals surface area contributed by atoms with Crippen molar-refractivity contribution in [3.8, 4) is 0 Å². The van der Waals surface area contributed by atoms with E-state index in [9.17, 15) is 4.79 Å². The highest BCUT2D eigenvalue weighted by atomic mass is 79.9. The number of benzene rings is 1. The number of carbonyl (C=O) groups is 1. The van der Waals surface area contributed by atoms with E-state index < -0.39 is 5.60 Å². The van der Waals surface area contributed by atoms with Crippen molar-refractivity contribution >= 4 is 22.0 Å². The van der Waals surface area contributed by atoms with E-state index in [1.165, 1.54) is 5.56 Å². The zero-order valence-electron chi connectivity index (χ0n) is 14.2. The van der Waals surface area contributed by atoms with Gasteiger partial charge in [0.25, 0.3) is 0 Å². The van der Waals surface area contributed by atoms with Gasteiger partial charge in [0.1, 0.15) is 5.60 Å². The minimum Gasteiger partial charge on any atom is -0.444 e. The molecule has 1 fully saturated rings. The monoisotopic (exact) mass is 383 g/mol. The van der Waals surface area contributed by atoms with E-state index in [4.69, 9.17) is 9.47 Å². The molecule has 0 radical (unpaired) electrons. The molecule has 0 spiro atoms. The lowest BCUT2D eigenvalue weighted by Crippen LogP contribution is -2.46. The Hall–Kier alpha value is -1.07. The first-order chi connectivity index (χ1) is 10.8. The van der Waals surface area contributed by atoms with Crippen LogP contribution in [0.5, 0.6) is 0 Å². The number of carbonyl (C=O) groups excluding carboxylic acids is 1. The maximum atomic E-state index is 12.6. The summed E-state index contributed by atoms with van der Waals surface area (Å²) in [6.07, 6.45) is 2.34. The molecule has 23 heavy (non-hydrogen) atoms. The predicted octanol–water partition coefficient (Wildman–Crippen LogP) is 4.41. The van der Waals surface area contributed by atoms with E-state index in [1.54, 1.807) is 0 Å². The minimum atomic E-state index is -0.476. The molecule has 0 atom stereocenters. The van der Waals surface area contributed by atoms with Crippen LogP contribution in [0.4, 0.5) is 4.79 Å². The highest BCUT2D eigenvalue weighted by Gasteiger charge is 2.29. The van der Waals surface area contributed by atoms with Crippen molar-refractivity contribution in [2.75, 3.05) is 19.8 Å². The lowest BCUT2D eigenvalue weighted by atomic mass is 10.1. The second-order valence-corrected chi connectivity index (χ2v) is 7.81. The van der Waals surface area contributed by atoms with Gasteiger partial charge in [-0.25, -0.2) is 4.79 Å². The molecule has 5 heteroatoms. The van der Waals surface area contributed by atoms with Gasteiger partial charge in [-0.05, 0) is 57.7 Å². The van der Waals surface area contributed by atoms with E-state index in [0.29, 0.717) is 19.8 Å². The molecule has 0 N–H and O–H groups in total. The number of hydrogen-bond donors (Lipinski definition) is 0. The lowest BCUT2D eigenvalue weighted by Gasteiger charge is -2.35. The van der Waals surface area contributed by atoms with Crippen LogP contribution in [-0.4, -0.2) is 42.4 Å². The highest BCUT2D eigenvalue weighted by molar-refractivity contribution is 9.10. The van der Waals surface area contributed by atoms with Gasteiger partial charge in [-0.2, -0.15) is 0 Å². The fraction of sp³-hybridized carbons (Fsp3) is 0.611. The summed E-state index contributed by atoms with van der Waals surface area (Å²) >= 11 is 3.49. The summed E-state index contributed by atoms with van der Waals surface area (Å²) < 4.78 is 12.1. The molecule has 0 saturated carbocycles. The minimum absolute atomic E-state index is 0.200. The number of nitrogens with zero attached hydrogens (tertiary/aromatic N) is 1. The first-order valence-corrected chi connectivity index (χ1v) is 8.96. The maximum absolute atomic E-state index is 12.6. The molecule has 1 aliphatic heterocycles. The third-order valence-electron chi connectivity index (χ3n) is 3.79. The second-order valence-electron chi connectivity index (χ2n) is 6.90. The van der Waals surface area contributed by atoms with Crippen LogP contribution < -0.4 is 0 Å². The summed E-state index contributed by atoms with van der Waals surface area (Å²) in [6, 6.07) is 8.41. The number of rotatable bonds is 4. The van der Waals surface area contributed by atoms with Crippen LogP contribution >= 0.6 is 15.9 Å². The summed E-state index contributed by atoms with van der Waals surface area (Å²) in [7, 11) is 0. The Balaban J connectivity index is 2.04. The van der Waals surface area contributed by atoms with Gasteiger partial charge < -0.3 is 14.4 Å². The zero-order chi connectivity index (χ0) is 16.9. The van der Waals surface area contributed by atoms with Crippen LogP contribution in [0.25, 0.3) is 0 Å². The number of ether oxygens (including phenoxy) is 2. The smallest absolute Gasteiger partial charge is 0.410 e. The van der Waals surface area contributed by atoms with Crippen LogP contribution in [0.15, 0.2) is 28.7 Å². The van der Waals surface area contributed by atoms with Crippen molar-refractivity contribution in [2.24, 2.45) is 0 Å². The van der Waals surface area contributed by atoms with E-state index in [1.807, 2.05) is 37.8 Å². The molecule has 0 unspecified atom stereocenters. The fourth-order valence-corrected chi connectivity index (χ4v) is 3.13. The second kappa shape index (κ2) is 8.15. The van der Waals surface area contributed by atoms with Crippen molar-refractivity contribution in [1.29, 1.82) is 0 Å². The van der Waals surface area contributed by atoms with Crippen LogP contribution in [-0.2, 0) is 15.9 Å². The van der Waals surface area contributed by atoms with Crippen molar-refractivity contribution in [3.05, 3.63) is 34.3 Å². The Bertz CT molecular complexity index is 521. The normalized spacial score (nSPS) is 16.2. The van der Waals surface area contributed by atoms with Crippen molar-refractivity contribution in [3.63, 3.8) is 0 Å². The highest BCUT2D eigenvalue weighted by Crippen LogP contribution is 2.20. The Morgan fingerprint density at radius 3 is 2.65 bits per heavy atom. The van der Waals surface area contributed by atoms with Crippen LogP contribution in [0, 0.1) is 0 Å². The molecule has 1 aliphatic rings. The molecule has 128 valence electrons. The molecule has 1 amide bonds. The van der Waals surface area contributed by atoms with E-state index in [-0.39, 0.29) is 12.1 Å². The van der Waals surface area contributed by atoms with Gasteiger partial charge in [0.15, 0.2) is 0 Å². The first kappa shape index (κ1) is 18.3.